The van der Waals surface area contributed by atoms with E-state index in [-0.39, 0.29) is 5.91 Å². The van der Waals surface area contributed by atoms with Gasteiger partial charge in [-0.2, -0.15) is 5.10 Å². The van der Waals surface area contributed by atoms with Gasteiger partial charge in [-0.25, -0.2) is 0 Å². The summed E-state index contributed by atoms with van der Waals surface area (Å²) in [6.45, 7) is 0. The van der Waals surface area contributed by atoms with Crippen LogP contribution in [0.2, 0.25) is 0 Å². The van der Waals surface area contributed by atoms with Gasteiger partial charge in [0.1, 0.15) is 5.82 Å². The lowest BCUT2D eigenvalue weighted by atomic mass is 10.0. The molecule has 3 rings (SSSR count). The summed E-state index contributed by atoms with van der Waals surface area (Å²) in [5.74, 6) is 0.626. The third-order valence-electron chi connectivity index (χ3n) is 3.13. The summed E-state index contributed by atoms with van der Waals surface area (Å²) in [5.41, 5.74) is 9.58. The largest absolute Gasteiger partial charge is 0.384 e. The van der Waals surface area contributed by atoms with Crippen molar-refractivity contribution in [2.45, 2.75) is 6.42 Å². The number of nitrogens with two attached hydrogens (primary N) is 1. The van der Waals surface area contributed by atoms with Crippen molar-refractivity contribution >= 4 is 17.4 Å². The van der Waals surface area contributed by atoms with Crippen molar-refractivity contribution in [2.75, 3.05) is 17.7 Å². The van der Waals surface area contributed by atoms with Gasteiger partial charge in [-0.1, -0.05) is 18.2 Å². The van der Waals surface area contributed by atoms with Crippen molar-refractivity contribution in [3.05, 3.63) is 30.0 Å². The van der Waals surface area contributed by atoms with Gasteiger partial charge in [0.05, 0.1) is 18.3 Å². The number of carbonyl (C=O) groups is 1. The van der Waals surface area contributed by atoms with Gasteiger partial charge in [-0.3, -0.25) is 9.89 Å². The molecule has 1 amide bonds. The van der Waals surface area contributed by atoms with E-state index in [9.17, 15) is 4.79 Å². The first kappa shape index (κ1) is 9.89. The lowest BCUT2D eigenvalue weighted by molar-refractivity contribution is -0.117. The van der Waals surface area contributed by atoms with Crippen molar-refractivity contribution < 1.29 is 4.79 Å². The molecule has 86 valence electrons. The Kier molecular flexibility index (Phi) is 1.95. The van der Waals surface area contributed by atoms with Crippen LogP contribution in [0.5, 0.6) is 0 Å². The fourth-order valence-electron chi connectivity index (χ4n) is 2.26. The number of anilines is 2. The average Bonchev–Trinajstić information content (AvgIpc) is 2.85. The third-order valence-corrected chi connectivity index (χ3v) is 3.13. The van der Waals surface area contributed by atoms with Crippen LogP contribution in [0.1, 0.15) is 5.56 Å². The number of likely N-dealkylation sites (N-methyl/N-ethyl adjacent to an activating group) is 1. The topological polar surface area (TPSA) is 75.0 Å². The zero-order valence-corrected chi connectivity index (χ0v) is 9.40. The van der Waals surface area contributed by atoms with Crippen LogP contribution in [0.4, 0.5) is 11.5 Å². The van der Waals surface area contributed by atoms with Crippen molar-refractivity contribution in [1.82, 2.24) is 10.2 Å². The fourth-order valence-corrected chi connectivity index (χ4v) is 2.26. The van der Waals surface area contributed by atoms with E-state index in [0.29, 0.717) is 12.2 Å². The van der Waals surface area contributed by atoms with Crippen LogP contribution >= 0.6 is 0 Å². The number of hydrogen-bond acceptors (Lipinski definition) is 3. The number of nitrogens with one attached hydrogen (secondary N) is 1. The van der Waals surface area contributed by atoms with E-state index in [1.807, 2.05) is 18.2 Å². The van der Waals surface area contributed by atoms with E-state index in [1.165, 1.54) is 0 Å². The van der Waals surface area contributed by atoms with Gasteiger partial charge in [0.25, 0.3) is 0 Å². The molecule has 0 saturated heterocycles. The van der Waals surface area contributed by atoms with Crippen molar-refractivity contribution in [3.8, 4) is 11.1 Å². The number of aromatic nitrogens is 2. The second kappa shape index (κ2) is 3.35. The Labute approximate surface area is 98.2 Å². The molecule has 5 nitrogen and oxygen atoms in total. The van der Waals surface area contributed by atoms with Crippen molar-refractivity contribution in [3.63, 3.8) is 0 Å². The minimum absolute atomic E-state index is 0.106. The molecule has 0 fully saturated rings. The first-order valence-electron chi connectivity index (χ1n) is 5.36. The van der Waals surface area contributed by atoms with E-state index < -0.39 is 0 Å². The molecule has 0 saturated carbocycles. The summed E-state index contributed by atoms with van der Waals surface area (Å²) in [6.07, 6.45) is 2.14. The van der Waals surface area contributed by atoms with Gasteiger partial charge in [-0.05, 0) is 5.56 Å². The molecular formula is C12H12N4O. The van der Waals surface area contributed by atoms with Crippen LogP contribution in [-0.2, 0) is 11.2 Å². The maximum Gasteiger partial charge on any atom is 0.231 e. The first-order chi connectivity index (χ1) is 8.18. The molecule has 3 N–H and O–H groups in total. The van der Waals surface area contributed by atoms with Gasteiger partial charge in [0, 0.05) is 18.2 Å². The van der Waals surface area contributed by atoms with Gasteiger partial charge < -0.3 is 10.6 Å². The molecule has 2 heterocycles. The molecule has 0 atom stereocenters. The number of nitrogen functional groups attached to an aromatic ring is 1. The SMILES string of the molecule is CN1C(=O)Cc2cccc(-c3cn[nH]c3N)c21. The monoisotopic (exact) mass is 228 g/mol. The lowest BCUT2D eigenvalue weighted by Crippen LogP contribution is -2.21. The number of fused-ring (bicyclic) bond motifs is 1. The van der Waals surface area contributed by atoms with Crippen LogP contribution in [-0.4, -0.2) is 23.2 Å². The number of hydrogen-bond donors (Lipinski definition) is 2. The smallest absolute Gasteiger partial charge is 0.231 e. The van der Waals surface area contributed by atoms with Gasteiger partial charge in [-0.15, -0.1) is 0 Å². The van der Waals surface area contributed by atoms with Crippen LogP contribution in [0.3, 0.4) is 0 Å². The molecule has 0 aliphatic carbocycles. The molecule has 1 aromatic carbocycles. The van der Waals surface area contributed by atoms with Gasteiger partial charge in [0.15, 0.2) is 0 Å². The second-order valence-electron chi connectivity index (χ2n) is 4.14. The molecule has 17 heavy (non-hydrogen) atoms. The Morgan fingerprint density at radius 2 is 2.24 bits per heavy atom. The summed E-state index contributed by atoms with van der Waals surface area (Å²) in [4.78, 5) is 13.4. The molecule has 1 aliphatic rings. The van der Waals surface area contributed by atoms with E-state index in [2.05, 4.69) is 10.2 Å². The van der Waals surface area contributed by atoms with E-state index >= 15 is 0 Å². The molecule has 0 spiro atoms. The second-order valence-corrected chi connectivity index (χ2v) is 4.14. The number of H-pyrrole nitrogens is 1. The molecule has 1 aliphatic heterocycles. The third kappa shape index (κ3) is 1.32. The predicted octanol–water partition coefficient (Wildman–Crippen LogP) is 1.18. The van der Waals surface area contributed by atoms with Gasteiger partial charge in [0.2, 0.25) is 5.91 Å². The van der Waals surface area contributed by atoms with Crippen molar-refractivity contribution in [1.29, 1.82) is 0 Å². The normalized spacial score (nSPS) is 14.2. The highest BCUT2D eigenvalue weighted by Gasteiger charge is 2.27. The van der Waals surface area contributed by atoms with E-state index in [1.54, 1.807) is 18.1 Å². The molecule has 0 unspecified atom stereocenters. The van der Waals surface area contributed by atoms with Gasteiger partial charge >= 0.3 is 0 Å². The summed E-state index contributed by atoms with van der Waals surface area (Å²) in [5, 5.41) is 6.62. The Bertz CT molecular complexity index is 602. The number of amides is 1. The molecule has 1 aromatic heterocycles. The Morgan fingerprint density at radius 1 is 1.41 bits per heavy atom. The predicted molar refractivity (Wildman–Crippen MR) is 65.6 cm³/mol. The summed E-state index contributed by atoms with van der Waals surface area (Å²) in [6, 6.07) is 5.86. The Hall–Kier alpha value is -2.30. The highest BCUT2D eigenvalue weighted by Crippen LogP contribution is 2.39. The van der Waals surface area contributed by atoms with Crippen LogP contribution in [0, 0.1) is 0 Å². The summed E-state index contributed by atoms with van der Waals surface area (Å²) >= 11 is 0. The highest BCUT2D eigenvalue weighted by molar-refractivity contribution is 6.05. The maximum atomic E-state index is 11.7. The van der Waals surface area contributed by atoms with Crippen molar-refractivity contribution in [2.24, 2.45) is 0 Å². The molecular weight excluding hydrogens is 216 g/mol. The Balaban J connectivity index is 2.24. The number of para-hydroxylation sites is 1. The van der Waals surface area contributed by atoms with Crippen LogP contribution in [0.25, 0.3) is 11.1 Å². The van der Waals surface area contributed by atoms with Crippen LogP contribution < -0.4 is 10.6 Å². The summed E-state index contributed by atoms with van der Waals surface area (Å²) < 4.78 is 0. The number of carbonyl (C=O) groups excluding carboxylic acids is 1. The average molecular weight is 228 g/mol. The van der Waals surface area contributed by atoms with E-state index in [0.717, 1.165) is 22.4 Å². The Morgan fingerprint density at radius 3 is 2.94 bits per heavy atom. The maximum absolute atomic E-state index is 11.7. The lowest BCUT2D eigenvalue weighted by Gasteiger charge is -2.14. The number of benzene rings is 1. The quantitative estimate of drug-likeness (QED) is 0.769. The summed E-state index contributed by atoms with van der Waals surface area (Å²) in [7, 11) is 1.79. The minimum atomic E-state index is 0.106. The first-order valence-corrected chi connectivity index (χ1v) is 5.36. The zero-order valence-electron chi connectivity index (χ0n) is 9.40. The molecule has 0 bridgehead atoms. The highest BCUT2D eigenvalue weighted by atomic mass is 16.2. The number of rotatable bonds is 1. The zero-order chi connectivity index (χ0) is 12.0. The number of aromatic amines is 1. The number of nitrogens with zero attached hydrogens (tertiary/aromatic N) is 2. The molecule has 5 heteroatoms. The fraction of sp³-hybridized carbons (Fsp3) is 0.167. The van der Waals surface area contributed by atoms with Crippen LogP contribution in [0.15, 0.2) is 24.4 Å². The minimum Gasteiger partial charge on any atom is -0.384 e. The molecule has 2 aromatic rings. The standard InChI is InChI=1S/C12H12N4O/c1-16-10(17)5-7-3-2-4-8(11(7)16)9-6-14-15-12(9)13/h2-4,6H,5H2,1H3,(H3,13,14,15). The molecule has 0 radical (unpaired) electrons. The van der Waals surface area contributed by atoms with E-state index in [4.69, 9.17) is 5.73 Å².